The minimum absolute atomic E-state index is 0.0307. The number of nitrogens with one attached hydrogen (secondary N) is 1. The number of ether oxygens (including phenoxy) is 2. The van der Waals surface area contributed by atoms with Crippen LogP contribution in [0, 0.1) is 0 Å². The molecule has 14 heavy (non-hydrogen) atoms. The number of rotatable bonds is 6. The molecule has 0 aliphatic carbocycles. The molecule has 1 N–H and O–H groups in total. The van der Waals surface area contributed by atoms with Crippen molar-refractivity contribution in [2.45, 2.75) is 19.4 Å². The van der Waals surface area contributed by atoms with Crippen LogP contribution in [0.25, 0.3) is 0 Å². The second-order valence-electron chi connectivity index (χ2n) is 3.10. The van der Waals surface area contributed by atoms with E-state index in [1.54, 1.807) is 14.0 Å². The molecule has 1 aliphatic rings. The van der Waals surface area contributed by atoms with Gasteiger partial charge in [0.15, 0.2) is 0 Å². The molecule has 0 bridgehead atoms. The molecule has 0 aromatic heterocycles. The Morgan fingerprint density at radius 3 is 2.79 bits per heavy atom. The third kappa shape index (κ3) is 3.43. The van der Waals surface area contributed by atoms with Crippen molar-refractivity contribution in [3.8, 4) is 0 Å². The van der Waals surface area contributed by atoms with Crippen LogP contribution in [0.3, 0.4) is 0 Å². The molecule has 1 amide bonds. The number of methoxy groups -OCH3 is 1. The van der Waals surface area contributed by atoms with Crippen molar-refractivity contribution in [1.29, 1.82) is 0 Å². The van der Waals surface area contributed by atoms with Crippen LogP contribution in [0.5, 0.6) is 0 Å². The van der Waals surface area contributed by atoms with Gasteiger partial charge in [-0.25, -0.2) is 0 Å². The summed E-state index contributed by atoms with van der Waals surface area (Å²) in [5.74, 6) is 0.691. The lowest BCUT2D eigenvalue weighted by molar-refractivity contribution is -0.119. The topological polar surface area (TPSA) is 59.9 Å². The fraction of sp³-hybridized carbons (Fsp3) is 0.778. The standard InChI is InChI=1S/C9H16N2O3/c1-7-9(12)11-8(10-7)3-4-14-6-5-13-2/h7H,3-6H2,1-2H3,(H,10,11,12). The lowest BCUT2D eigenvalue weighted by Crippen LogP contribution is -2.28. The molecule has 0 fully saturated rings. The third-order valence-corrected chi connectivity index (χ3v) is 1.91. The van der Waals surface area contributed by atoms with Crippen LogP contribution >= 0.6 is 0 Å². The monoisotopic (exact) mass is 200 g/mol. The van der Waals surface area contributed by atoms with Gasteiger partial charge in [-0.05, 0) is 6.92 Å². The zero-order valence-corrected chi connectivity index (χ0v) is 8.58. The van der Waals surface area contributed by atoms with Crippen LogP contribution < -0.4 is 5.32 Å². The Morgan fingerprint density at radius 2 is 2.21 bits per heavy atom. The number of aliphatic imine (C=N–C) groups is 1. The zero-order valence-electron chi connectivity index (χ0n) is 8.58. The van der Waals surface area contributed by atoms with Crippen LogP contribution in [0.15, 0.2) is 4.99 Å². The van der Waals surface area contributed by atoms with Crippen LogP contribution in [0.4, 0.5) is 0 Å². The maximum atomic E-state index is 11.0. The summed E-state index contributed by atoms with van der Waals surface area (Å²) in [7, 11) is 1.63. The number of amidine groups is 1. The highest BCUT2D eigenvalue weighted by Gasteiger charge is 2.20. The predicted octanol–water partition coefficient (Wildman–Crippen LogP) is -0.0437. The van der Waals surface area contributed by atoms with E-state index >= 15 is 0 Å². The highest BCUT2D eigenvalue weighted by atomic mass is 16.5. The summed E-state index contributed by atoms with van der Waals surface area (Å²) >= 11 is 0. The summed E-state index contributed by atoms with van der Waals surface area (Å²) in [6.45, 7) is 3.51. The smallest absolute Gasteiger partial charge is 0.249 e. The van der Waals surface area contributed by atoms with Crippen LogP contribution in [-0.2, 0) is 14.3 Å². The van der Waals surface area contributed by atoms with E-state index in [4.69, 9.17) is 9.47 Å². The quantitative estimate of drug-likeness (QED) is 0.612. The minimum atomic E-state index is -0.246. The molecule has 1 rings (SSSR count). The number of carbonyl (C=O) groups is 1. The minimum Gasteiger partial charge on any atom is -0.382 e. The van der Waals surface area contributed by atoms with Gasteiger partial charge in [0.1, 0.15) is 11.9 Å². The first-order valence-electron chi connectivity index (χ1n) is 4.68. The van der Waals surface area contributed by atoms with Crippen LogP contribution in [-0.4, -0.2) is 44.7 Å². The first-order valence-corrected chi connectivity index (χ1v) is 4.68. The Bertz CT molecular complexity index is 228. The van der Waals surface area contributed by atoms with Gasteiger partial charge in [0, 0.05) is 13.5 Å². The van der Waals surface area contributed by atoms with Crippen molar-refractivity contribution in [2.24, 2.45) is 4.99 Å². The number of carbonyl (C=O) groups excluding carboxylic acids is 1. The highest BCUT2D eigenvalue weighted by molar-refractivity contribution is 6.05. The Hall–Kier alpha value is -0.940. The summed E-state index contributed by atoms with van der Waals surface area (Å²) in [5, 5.41) is 2.69. The van der Waals surface area contributed by atoms with Crippen molar-refractivity contribution in [3.05, 3.63) is 0 Å². The molecule has 5 nitrogen and oxygen atoms in total. The molecule has 0 spiro atoms. The second-order valence-corrected chi connectivity index (χ2v) is 3.10. The Morgan fingerprint density at radius 1 is 1.43 bits per heavy atom. The van der Waals surface area contributed by atoms with Gasteiger partial charge in [-0.2, -0.15) is 0 Å². The van der Waals surface area contributed by atoms with E-state index in [1.165, 1.54) is 0 Å². The molecule has 0 aromatic rings. The molecule has 1 atom stereocenters. The van der Waals surface area contributed by atoms with Gasteiger partial charge in [0.05, 0.1) is 19.8 Å². The lowest BCUT2D eigenvalue weighted by Gasteiger charge is -2.02. The molecule has 1 aliphatic heterocycles. The van der Waals surface area contributed by atoms with E-state index in [9.17, 15) is 4.79 Å². The van der Waals surface area contributed by atoms with Gasteiger partial charge >= 0.3 is 0 Å². The molecule has 1 unspecified atom stereocenters. The van der Waals surface area contributed by atoms with E-state index in [1.807, 2.05) is 0 Å². The number of hydrogen-bond acceptors (Lipinski definition) is 4. The van der Waals surface area contributed by atoms with Crippen LogP contribution in [0.1, 0.15) is 13.3 Å². The number of amides is 1. The van der Waals surface area contributed by atoms with Gasteiger partial charge in [0.25, 0.3) is 0 Å². The van der Waals surface area contributed by atoms with E-state index in [-0.39, 0.29) is 11.9 Å². The summed E-state index contributed by atoms with van der Waals surface area (Å²) in [6.07, 6.45) is 0.653. The molecule has 0 saturated carbocycles. The van der Waals surface area contributed by atoms with Gasteiger partial charge in [-0.3, -0.25) is 9.79 Å². The number of hydrogen-bond donors (Lipinski definition) is 1. The largest absolute Gasteiger partial charge is 0.382 e. The molecule has 5 heteroatoms. The first-order chi connectivity index (χ1) is 6.74. The molecule has 0 radical (unpaired) electrons. The van der Waals surface area contributed by atoms with E-state index in [0.29, 0.717) is 26.2 Å². The zero-order chi connectivity index (χ0) is 10.4. The van der Waals surface area contributed by atoms with Crippen molar-refractivity contribution in [2.75, 3.05) is 26.9 Å². The molecule has 1 heterocycles. The molecule has 0 aromatic carbocycles. The van der Waals surface area contributed by atoms with E-state index < -0.39 is 0 Å². The summed E-state index contributed by atoms with van der Waals surface area (Å²) in [5.41, 5.74) is 0. The van der Waals surface area contributed by atoms with E-state index in [0.717, 1.165) is 5.84 Å². The van der Waals surface area contributed by atoms with Crippen molar-refractivity contribution in [3.63, 3.8) is 0 Å². The Labute approximate surface area is 83.5 Å². The third-order valence-electron chi connectivity index (χ3n) is 1.91. The van der Waals surface area contributed by atoms with Gasteiger partial charge in [0.2, 0.25) is 5.91 Å². The average molecular weight is 200 g/mol. The predicted molar refractivity (Wildman–Crippen MR) is 52.4 cm³/mol. The Balaban J connectivity index is 2.08. The first kappa shape index (κ1) is 11.1. The van der Waals surface area contributed by atoms with Gasteiger partial charge < -0.3 is 14.8 Å². The van der Waals surface area contributed by atoms with Crippen molar-refractivity contribution in [1.82, 2.24) is 5.32 Å². The molecular weight excluding hydrogens is 184 g/mol. The fourth-order valence-electron chi connectivity index (χ4n) is 1.11. The van der Waals surface area contributed by atoms with Crippen LogP contribution in [0.2, 0.25) is 0 Å². The van der Waals surface area contributed by atoms with Crippen molar-refractivity contribution >= 4 is 11.7 Å². The van der Waals surface area contributed by atoms with E-state index in [2.05, 4.69) is 10.3 Å². The summed E-state index contributed by atoms with van der Waals surface area (Å²) in [6, 6.07) is -0.246. The Kier molecular flexibility index (Phi) is 4.55. The fourth-order valence-corrected chi connectivity index (χ4v) is 1.11. The summed E-state index contributed by atoms with van der Waals surface area (Å²) < 4.78 is 10.1. The molecule has 0 saturated heterocycles. The van der Waals surface area contributed by atoms with Gasteiger partial charge in [-0.15, -0.1) is 0 Å². The second kappa shape index (κ2) is 5.72. The SMILES string of the molecule is COCCOCCC1=NC(C)C(=O)N1. The maximum Gasteiger partial charge on any atom is 0.249 e. The lowest BCUT2D eigenvalue weighted by atomic mass is 10.4. The molecular formula is C9H16N2O3. The number of nitrogens with zero attached hydrogens (tertiary/aromatic N) is 1. The van der Waals surface area contributed by atoms with Gasteiger partial charge in [-0.1, -0.05) is 0 Å². The molecule has 80 valence electrons. The van der Waals surface area contributed by atoms with Crippen molar-refractivity contribution < 1.29 is 14.3 Å². The highest BCUT2D eigenvalue weighted by Crippen LogP contribution is 2.01. The average Bonchev–Trinajstić information content (AvgIpc) is 2.46. The maximum absolute atomic E-state index is 11.0. The summed E-state index contributed by atoms with van der Waals surface area (Å²) in [4.78, 5) is 15.2. The normalized spacial score (nSPS) is 20.9.